The van der Waals surface area contributed by atoms with Crippen molar-refractivity contribution in [3.63, 3.8) is 0 Å². The van der Waals surface area contributed by atoms with Crippen LogP contribution in [0.25, 0.3) is 0 Å². The zero-order valence-electron chi connectivity index (χ0n) is 14.5. The first-order valence-corrected chi connectivity index (χ1v) is 8.84. The van der Waals surface area contributed by atoms with Crippen LogP contribution in [0.15, 0.2) is 48.5 Å². The lowest BCUT2D eigenvalue weighted by Gasteiger charge is -2.43. The van der Waals surface area contributed by atoms with Crippen LogP contribution in [0, 0.1) is 5.82 Å². The lowest BCUT2D eigenvalue weighted by molar-refractivity contribution is -0.124. The number of aryl methyl sites for hydroxylation is 1. The monoisotopic (exact) mass is 355 g/mol. The number of carboxylic acid groups (broad SMARTS) is 1. The van der Waals surface area contributed by atoms with Gasteiger partial charge in [-0.25, -0.2) is 9.18 Å². The number of hydrogen-bond donors (Lipinski definition) is 2. The van der Waals surface area contributed by atoms with E-state index in [9.17, 15) is 19.1 Å². The maximum atomic E-state index is 13.4. The SMILES string of the molecule is O=C(CCc1ccccc1C(=O)O)NC1(Cc2cccc(F)c2)CCC1. The highest BCUT2D eigenvalue weighted by molar-refractivity contribution is 5.89. The van der Waals surface area contributed by atoms with Crippen LogP contribution >= 0.6 is 0 Å². The van der Waals surface area contributed by atoms with E-state index in [2.05, 4.69) is 5.32 Å². The van der Waals surface area contributed by atoms with Crippen LogP contribution in [-0.4, -0.2) is 22.5 Å². The second-order valence-electron chi connectivity index (χ2n) is 6.95. The second kappa shape index (κ2) is 7.68. The summed E-state index contributed by atoms with van der Waals surface area (Å²) >= 11 is 0. The van der Waals surface area contributed by atoms with Crippen LogP contribution in [0.5, 0.6) is 0 Å². The first kappa shape index (κ1) is 18.1. The van der Waals surface area contributed by atoms with Gasteiger partial charge in [0.15, 0.2) is 0 Å². The molecule has 0 radical (unpaired) electrons. The molecule has 136 valence electrons. The van der Waals surface area contributed by atoms with Gasteiger partial charge in [-0.2, -0.15) is 0 Å². The summed E-state index contributed by atoms with van der Waals surface area (Å²) in [6.45, 7) is 0. The molecule has 0 spiro atoms. The van der Waals surface area contributed by atoms with Gasteiger partial charge in [0.2, 0.25) is 5.91 Å². The van der Waals surface area contributed by atoms with E-state index in [1.807, 2.05) is 6.07 Å². The first-order chi connectivity index (χ1) is 12.5. The van der Waals surface area contributed by atoms with Gasteiger partial charge in [0.25, 0.3) is 0 Å². The molecule has 2 N–H and O–H groups in total. The van der Waals surface area contributed by atoms with E-state index in [4.69, 9.17) is 0 Å². The molecule has 0 bridgehead atoms. The van der Waals surface area contributed by atoms with Crippen LogP contribution < -0.4 is 5.32 Å². The minimum Gasteiger partial charge on any atom is -0.478 e. The number of benzene rings is 2. The average molecular weight is 355 g/mol. The third-order valence-corrected chi connectivity index (χ3v) is 5.02. The average Bonchev–Trinajstić information content (AvgIpc) is 2.58. The number of carboxylic acids is 1. The Morgan fingerprint density at radius 2 is 1.88 bits per heavy atom. The van der Waals surface area contributed by atoms with Gasteiger partial charge in [-0.15, -0.1) is 0 Å². The van der Waals surface area contributed by atoms with Crippen molar-refractivity contribution < 1.29 is 19.1 Å². The summed E-state index contributed by atoms with van der Waals surface area (Å²) in [6.07, 6.45) is 4.02. The lowest BCUT2D eigenvalue weighted by atomic mass is 9.72. The Balaban J connectivity index is 1.61. The zero-order chi connectivity index (χ0) is 18.6. The van der Waals surface area contributed by atoms with Gasteiger partial charge in [-0.05, 0) is 61.4 Å². The van der Waals surface area contributed by atoms with E-state index in [0.29, 0.717) is 18.4 Å². The maximum Gasteiger partial charge on any atom is 0.335 e. The number of hydrogen-bond acceptors (Lipinski definition) is 2. The topological polar surface area (TPSA) is 66.4 Å². The van der Waals surface area contributed by atoms with E-state index in [-0.39, 0.29) is 29.2 Å². The molecule has 5 heteroatoms. The van der Waals surface area contributed by atoms with E-state index in [0.717, 1.165) is 24.8 Å². The number of carbonyl (C=O) groups excluding carboxylic acids is 1. The molecule has 1 amide bonds. The van der Waals surface area contributed by atoms with Crippen LogP contribution in [0.4, 0.5) is 4.39 Å². The summed E-state index contributed by atoms with van der Waals surface area (Å²) in [5.41, 5.74) is 1.46. The number of carbonyl (C=O) groups is 2. The third kappa shape index (κ3) is 4.28. The number of nitrogens with one attached hydrogen (secondary N) is 1. The molecule has 2 aromatic rings. The van der Waals surface area contributed by atoms with E-state index in [1.165, 1.54) is 12.1 Å². The number of halogens is 1. The molecule has 2 aromatic carbocycles. The Morgan fingerprint density at radius 3 is 2.54 bits per heavy atom. The molecule has 0 unspecified atom stereocenters. The molecule has 0 saturated heterocycles. The van der Waals surface area contributed by atoms with Gasteiger partial charge in [0.1, 0.15) is 5.82 Å². The molecule has 1 aliphatic carbocycles. The molecule has 3 rings (SSSR count). The van der Waals surface area contributed by atoms with Gasteiger partial charge in [0, 0.05) is 12.0 Å². The van der Waals surface area contributed by atoms with E-state index < -0.39 is 5.97 Å². The van der Waals surface area contributed by atoms with Crippen molar-refractivity contribution in [1.82, 2.24) is 5.32 Å². The Hall–Kier alpha value is -2.69. The predicted octanol–water partition coefficient (Wildman–Crippen LogP) is 3.74. The van der Waals surface area contributed by atoms with Crippen molar-refractivity contribution in [2.75, 3.05) is 0 Å². The molecule has 0 aliphatic heterocycles. The van der Waals surface area contributed by atoms with Crippen LogP contribution in [0.3, 0.4) is 0 Å². The van der Waals surface area contributed by atoms with Gasteiger partial charge in [-0.3, -0.25) is 4.79 Å². The van der Waals surface area contributed by atoms with Crippen LogP contribution in [0.1, 0.15) is 47.2 Å². The Morgan fingerprint density at radius 1 is 1.12 bits per heavy atom. The van der Waals surface area contributed by atoms with Crippen molar-refractivity contribution in [3.05, 3.63) is 71.0 Å². The molecule has 1 fully saturated rings. The third-order valence-electron chi connectivity index (χ3n) is 5.02. The fourth-order valence-corrected chi connectivity index (χ4v) is 3.54. The Kier molecular flexibility index (Phi) is 5.35. The van der Waals surface area contributed by atoms with Gasteiger partial charge >= 0.3 is 5.97 Å². The van der Waals surface area contributed by atoms with Gasteiger partial charge < -0.3 is 10.4 Å². The highest BCUT2D eigenvalue weighted by Crippen LogP contribution is 2.35. The molecular weight excluding hydrogens is 333 g/mol. The number of amides is 1. The molecule has 1 aliphatic rings. The minimum absolute atomic E-state index is 0.0960. The summed E-state index contributed by atoms with van der Waals surface area (Å²) in [5.74, 6) is -1.35. The minimum atomic E-state index is -0.984. The van der Waals surface area contributed by atoms with Gasteiger partial charge in [-0.1, -0.05) is 30.3 Å². The van der Waals surface area contributed by atoms with Crippen molar-refractivity contribution in [2.45, 2.75) is 44.1 Å². The maximum absolute atomic E-state index is 13.4. The summed E-state index contributed by atoms with van der Waals surface area (Å²) in [4.78, 5) is 23.7. The normalized spacial score (nSPS) is 15.1. The lowest BCUT2D eigenvalue weighted by Crippen LogP contribution is -2.55. The first-order valence-electron chi connectivity index (χ1n) is 8.84. The van der Waals surface area contributed by atoms with Crippen LogP contribution in [-0.2, 0) is 17.6 Å². The molecule has 0 aromatic heterocycles. The van der Waals surface area contributed by atoms with E-state index in [1.54, 1.807) is 30.3 Å². The molecule has 4 nitrogen and oxygen atoms in total. The quantitative estimate of drug-likeness (QED) is 0.795. The molecule has 0 atom stereocenters. The highest BCUT2D eigenvalue weighted by Gasteiger charge is 2.38. The molecular formula is C21H22FNO3. The molecule has 0 heterocycles. The van der Waals surface area contributed by atoms with Crippen molar-refractivity contribution in [2.24, 2.45) is 0 Å². The summed E-state index contributed by atoms with van der Waals surface area (Å²) < 4.78 is 13.4. The fraction of sp³-hybridized carbons (Fsp3) is 0.333. The van der Waals surface area contributed by atoms with Crippen molar-refractivity contribution >= 4 is 11.9 Å². The Bertz CT molecular complexity index is 814. The number of aromatic carboxylic acids is 1. The standard InChI is InChI=1S/C21H22FNO3/c22-17-7-3-5-15(13-17)14-21(11-4-12-21)23-19(24)10-9-16-6-1-2-8-18(16)20(25)26/h1-3,5-8,13H,4,9-12,14H2,(H,23,24)(H,25,26). The summed E-state index contributed by atoms with van der Waals surface area (Å²) in [7, 11) is 0. The summed E-state index contributed by atoms with van der Waals surface area (Å²) in [6, 6.07) is 13.2. The molecule has 1 saturated carbocycles. The van der Waals surface area contributed by atoms with Crippen LogP contribution in [0.2, 0.25) is 0 Å². The predicted molar refractivity (Wildman–Crippen MR) is 96.6 cm³/mol. The van der Waals surface area contributed by atoms with Gasteiger partial charge in [0.05, 0.1) is 5.56 Å². The Labute approximate surface area is 152 Å². The number of rotatable bonds is 7. The smallest absolute Gasteiger partial charge is 0.335 e. The van der Waals surface area contributed by atoms with Crippen molar-refractivity contribution in [1.29, 1.82) is 0 Å². The largest absolute Gasteiger partial charge is 0.478 e. The summed E-state index contributed by atoms with van der Waals surface area (Å²) in [5, 5.41) is 12.3. The fourth-order valence-electron chi connectivity index (χ4n) is 3.54. The molecule has 26 heavy (non-hydrogen) atoms. The van der Waals surface area contributed by atoms with E-state index >= 15 is 0 Å². The highest BCUT2D eigenvalue weighted by atomic mass is 19.1. The second-order valence-corrected chi connectivity index (χ2v) is 6.95. The zero-order valence-corrected chi connectivity index (χ0v) is 14.5. The van der Waals surface area contributed by atoms with Crippen molar-refractivity contribution in [3.8, 4) is 0 Å².